The van der Waals surface area contributed by atoms with Crippen LogP contribution in [0.2, 0.25) is 0 Å². The van der Waals surface area contributed by atoms with Crippen molar-refractivity contribution < 1.29 is 9.13 Å². The van der Waals surface area contributed by atoms with E-state index < -0.39 is 0 Å². The predicted octanol–water partition coefficient (Wildman–Crippen LogP) is 2.72. The summed E-state index contributed by atoms with van der Waals surface area (Å²) in [6.07, 6.45) is 2.01. The first-order chi connectivity index (χ1) is 7.33. The summed E-state index contributed by atoms with van der Waals surface area (Å²) in [4.78, 5) is 0. The molecule has 1 aliphatic rings. The Labute approximate surface area is 102 Å². The van der Waals surface area contributed by atoms with Gasteiger partial charge in [-0.1, -0.05) is 12.1 Å². The molecule has 1 N–H and O–H groups in total. The highest BCUT2D eigenvalue weighted by molar-refractivity contribution is 5.85. The van der Waals surface area contributed by atoms with E-state index in [-0.39, 0.29) is 18.2 Å². The third-order valence-electron chi connectivity index (χ3n) is 2.99. The third kappa shape index (κ3) is 2.66. The van der Waals surface area contributed by atoms with Crippen molar-refractivity contribution >= 4 is 12.4 Å². The Balaban J connectivity index is 0.00000128. The molecule has 0 aromatic heterocycles. The number of methoxy groups -OCH3 is 1. The third-order valence-corrected chi connectivity index (χ3v) is 2.99. The van der Waals surface area contributed by atoms with Gasteiger partial charge in [-0.05, 0) is 43.5 Å². The summed E-state index contributed by atoms with van der Waals surface area (Å²) in [5.74, 6) is 0.499. The molecular formula is C12H17ClFNO. The Morgan fingerprint density at radius 3 is 2.62 bits per heavy atom. The van der Waals surface area contributed by atoms with Crippen molar-refractivity contribution in [3.8, 4) is 5.75 Å². The molecule has 0 amide bonds. The average Bonchev–Trinajstić information content (AvgIpc) is 2.30. The van der Waals surface area contributed by atoms with Crippen LogP contribution in [-0.2, 0) is 0 Å². The lowest BCUT2D eigenvalue weighted by Gasteiger charge is -2.23. The largest absolute Gasteiger partial charge is 0.494 e. The molecule has 0 aliphatic carbocycles. The maximum atomic E-state index is 13.9. The van der Waals surface area contributed by atoms with Gasteiger partial charge < -0.3 is 10.1 Å². The average molecular weight is 246 g/mol. The fraction of sp³-hybridized carbons (Fsp3) is 0.500. The van der Waals surface area contributed by atoms with Crippen molar-refractivity contribution in [2.24, 2.45) is 0 Å². The molecule has 0 unspecified atom stereocenters. The molecule has 0 spiro atoms. The van der Waals surface area contributed by atoms with Crippen LogP contribution in [0.25, 0.3) is 0 Å². The van der Waals surface area contributed by atoms with Crippen LogP contribution in [0, 0.1) is 5.82 Å². The minimum Gasteiger partial charge on any atom is -0.494 e. The fourth-order valence-electron chi connectivity index (χ4n) is 2.13. The van der Waals surface area contributed by atoms with Gasteiger partial charge in [-0.2, -0.15) is 0 Å². The first-order valence-corrected chi connectivity index (χ1v) is 5.36. The van der Waals surface area contributed by atoms with Gasteiger partial charge in [0.05, 0.1) is 7.11 Å². The van der Waals surface area contributed by atoms with E-state index in [1.165, 1.54) is 7.11 Å². The molecule has 1 saturated heterocycles. The maximum Gasteiger partial charge on any atom is 0.168 e. The smallest absolute Gasteiger partial charge is 0.168 e. The van der Waals surface area contributed by atoms with Crippen molar-refractivity contribution in [1.29, 1.82) is 0 Å². The highest BCUT2D eigenvalue weighted by atomic mass is 35.5. The number of rotatable bonds is 2. The Hall–Kier alpha value is -0.800. The maximum absolute atomic E-state index is 13.9. The molecule has 1 aromatic rings. The summed E-state index contributed by atoms with van der Waals surface area (Å²) in [5, 5.41) is 3.28. The monoisotopic (exact) mass is 245 g/mol. The van der Waals surface area contributed by atoms with E-state index in [2.05, 4.69) is 5.32 Å². The zero-order valence-corrected chi connectivity index (χ0v) is 10.1. The Morgan fingerprint density at radius 2 is 2.00 bits per heavy atom. The minimum absolute atomic E-state index is 0. The van der Waals surface area contributed by atoms with Crippen molar-refractivity contribution in [2.45, 2.75) is 18.8 Å². The van der Waals surface area contributed by atoms with E-state index in [4.69, 9.17) is 4.74 Å². The molecule has 90 valence electrons. The highest BCUT2D eigenvalue weighted by Crippen LogP contribution is 2.31. The van der Waals surface area contributed by atoms with E-state index in [1.54, 1.807) is 6.07 Å². The summed E-state index contributed by atoms with van der Waals surface area (Å²) in [6, 6.07) is 5.40. The molecular weight excluding hydrogens is 229 g/mol. The van der Waals surface area contributed by atoms with Gasteiger partial charge in [-0.15, -0.1) is 12.4 Å². The van der Waals surface area contributed by atoms with Crippen LogP contribution in [0.4, 0.5) is 4.39 Å². The molecule has 0 bridgehead atoms. The molecule has 2 nitrogen and oxygen atoms in total. The quantitative estimate of drug-likeness (QED) is 0.865. The van der Waals surface area contributed by atoms with E-state index >= 15 is 0 Å². The number of hydrogen-bond acceptors (Lipinski definition) is 2. The van der Waals surface area contributed by atoms with Crippen LogP contribution < -0.4 is 10.1 Å². The van der Waals surface area contributed by atoms with Gasteiger partial charge in [0.2, 0.25) is 0 Å². The van der Waals surface area contributed by atoms with E-state index in [0.29, 0.717) is 11.7 Å². The van der Waals surface area contributed by atoms with Gasteiger partial charge in [-0.3, -0.25) is 0 Å². The van der Waals surface area contributed by atoms with Gasteiger partial charge in [0.15, 0.2) is 11.6 Å². The number of hydrogen-bond donors (Lipinski definition) is 1. The Bertz CT molecular complexity index is 340. The molecule has 4 heteroatoms. The van der Waals surface area contributed by atoms with Crippen molar-refractivity contribution in [3.05, 3.63) is 29.6 Å². The lowest BCUT2D eigenvalue weighted by molar-refractivity contribution is 0.376. The van der Waals surface area contributed by atoms with Crippen molar-refractivity contribution in [1.82, 2.24) is 5.32 Å². The van der Waals surface area contributed by atoms with Gasteiger partial charge in [-0.25, -0.2) is 4.39 Å². The van der Waals surface area contributed by atoms with Crippen LogP contribution in [0.3, 0.4) is 0 Å². The zero-order chi connectivity index (χ0) is 10.7. The molecule has 0 atom stereocenters. The molecule has 16 heavy (non-hydrogen) atoms. The second-order valence-electron chi connectivity index (χ2n) is 3.89. The lowest BCUT2D eigenvalue weighted by atomic mass is 9.90. The molecule has 0 radical (unpaired) electrons. The number of benzene rings is 1. The SMILES string of the molecule is COc1cccc(C2CCNCC2)c1F.Cl. The van der Waals surface area contributed by atoms with Crippen molar-refractivity contribution in [3.63, 3.8) is 0 Å². The van der Waals surface area contributed by atoms with Crippen molar-refractivity contribution in [2.75, 3.05) is 20.2 Å². The Kier molecular flexibility index (Phi) is 5.03. The van der Waals surface area contributed by atoms with Crippen LogP contribution in [0.5, 0.6) is 5.75 Å². The summed E-state index contributed by atoms with van der Waals surface area (Å²) in [7, 11) is 1.50. The summed E-state index contributed by atoms with van der Waals surface area (Å²) in [5.41, 5.74) is 0.802. The van der Waals surface area contributed by atoms with Crippen LogP contribution in [0.1, 0.15) is 24.3 Å². The minimum atomic E-state index is -0.188. The molecule has 1 fully saturated rings. The molecule has 1 aliphatic heterocycles. The van der Waals surface area contributed by atoms with Crippen LogP contribution in [0.15, 0.2) is 18.2 Å². The first-order valence-electron chi connectivity index (χ1n) is 5.36. The second kappa shape index (κ2) is 6.06. The molecule has 0 saturated carbocycles. The molecule has 1 heterocycles. The van der Waals surface area contributed by atoms with E-state index in [1.807, 2.05) is 12.1 Å². The number of halogens is 2. The topological polar surface area (TPSA) is 21.3 Å². The first kappa shape index (κ1) is 13.3. The van der Waals surface area contributed by atoms with E-state index in [9.17, 15) is 4.39 Å². The lowest BCUT2D eigenvalue weighted by Crippen LogP contribution is -2.27. The summed E-state index contributed by atoms with van der Waals surface area (Å²) in [6.45, 7) is 1.95. The summed E-state index contributed by atoms with van der Waals surface area (Å²) < 4.78 is 18.9. The van der Waals surface area contributed by atoms with Crippen LogP contribution >= 0.6 is 12.4 Å². The summed E-state index contributed by atoms with van der Waals surface area (Å²) >= 11 is 0. The molecule has 2 rings (SSSR count). The second-order valence-corrected chi connectivity index (χ2v) is 3.89. The van der Waals surface area contributed by atoms with Crippen LogP contribution in [-0.4, -0.2) is 20.2 Å². The number of piperidine rings is 1. The van der Waals surface area contributed by atoms with Gasteiger partial charge in [0, 0.05) is 0 Å². The van der Waals surface area contributed by atoms with E-state index in [0.717, 1.165) is 31.5 Å². The standard InChI is InChI=1S/C12H16FNO.ClH/c1-15-11-4-2-3-10(12(11)13)9-5-7-14-8-6-9;/h2-4,9,14H,5-8H2,1H3;1H. The van der Waals surface area contributed by atoms with Gasteiger partial charge in [0.1, 0.15) is 0 Å². The molecule has 1 aromatic carbocycles. The fourth-order valence-corrected chi connectivity index (χ4v) is 2.13. The zero-order valence-electron chi connectivity index (χ0n) is 9.33. The van der Waals surface area contributed by atoms with Gasteiger partial charge >= 0.3 is 0 Å². The predicted molar refractivity (Wildman–Crippen MR) is 65.0 cm³/mol. The number of nitrogens with one attached hydrogen (secondary N) is 1. The normalized spacial score (nSPS) is 16.6. The number of ether oxygens (including phenoxy) is 1. The van der Waals surface area contributed by atoms with Gasteiger partial charge in [0.25, 0.3) is 0 Å². The Morgan fingerprint density at radius 1 is 1.31 bits per heavy atom. The highest BCUT2D eigenvalue weighted by Gasteiger charge is 2.20.